The summed E-state index contributed by atoms with van der Waals surface area (Å²) in [6.45, 7) is 2.87. The standard InChI is InChI=1S/C15H22N2O2S/c1-12-8-9-14(20(18,19)16-2)10-15(12)17-11-13-6-4-3-5-7-13/h3-4,8-10,13,16-17H,5-7,11H2,1-2H3. The molecular formula is C15H22N2O2S. The van der Waals surface area contributed by atoms with Crippen molar-refractivity contribution in [3.63, 3.8) is 0 Å². The first-order valence-electron chi connectivity index (χ1n) is 6.96. The molecule has 0 saturated heterocycles. The SMILES string of the molecule is CNS(=O)(=O)c1ccc(C)c(NCC2CC=CCC2)c1. The lowest BCUT2D eigenvalue weighted by atomic mass is 9.94. The zero-order chi connectivity index (χ0) is 14.6. The van der Waals surface area contributed by atoms with Crippen molar-refractivity contribution >= 4 is 15.7 Å². The summed E-state index contributed by atoms with van der Waals surface area (Å²) in [4.78, 5) is 0.302. The van der Waals surface area contributed by atoms with Gasteiger partial charge in [-0.05, 0) is 56.8 Å². The molecule has 0 amide bonds. The molecule has 4 nitrogen and oxygen atoms in total. The first-order chi connectivity index (χ1) is 9.53. The summed E-state index contributed by atoms with van der Waals surface area (Å²) >= 11 is 0. The second kappa shape index (κ2) is 6.41. The highest BCUT2D eigenvalue weighted by Crippen LogP contribution is 2.23. The van der Waals surface area contributed by atoms with Gasteiger partial charge in [0.25, 0.3) is 0 Å². The van der Waals surface area contributed by atoms with Crippen molar-refractivity contribution in [2.24, 2.45) is 5.92 Å². The quantitative estimate of drug-likeness (QED) is 0.821. The molecule has 0 saturated carbocycles. The maximum atomic E-state index is 11.8. The van der Waals surface area contributed by atoms with Gasteiger partial charge in [0.15, 0.2) is 0 Å². The molecule has 1 aromatic rings. The zero-order valence-electron chi connectivity index (χ0n) is 12.0. The van der Waals surface area contributed by atoms with Gasteiger partial charge in [0.2, 0.25) is 10.0 Å². The van der Waals surface area contributed by atoms with Crippen LogP contribution in [0.15, 0.2) is 35.2 Å². The smallest absolute Gasteiger partial charge is 0.240 e. The lowest BCUT2D eigenvalue weighted by molar-refractivity contribution is 0.504. The second-order valence-corrected chi connectivity index (χ2v) is 7.10. The number of allylic oxidation sites excluding steroid dienone is 2. The molecule has 0 spiro atoms. The van der Waals surface area contributed by atoms with Gasteiger partial charge in [-0.2, -0.15) is 0 Å². The molecule has 0 aliphatic heterocycles. The molecule has 1 unspecified atom stereocenters. The van der Waals surface area contributed by atoms with Crippen molar-refractivity contribution in [1.29, 1.82) is 0 Å². The molecule has 1 aliphatic rings. The van der Waals surface area contributed by atoms with E-state index in [-0.39, 0.29) is 0 Å². The molecule has 0 radical (unpaired) electrons. The maximum absolute atomic E-state index is 11.8. The van der Waals surface area contributed by atoms with E-state index in [9.17, 15) is 8.42 Å². The van der Waals surface area contributed by atoms with Crippen molar-refractivity contribution in [2.75, 3.05) is 18.9 Å². The Morgan fingerprint density at radius 1 is 1.30 bits per heavy atom. The number of aryl methyl sites for hydroxylation is 1. The van der Waals surface area contributed by atoms with Gasteiger partial charge in [0.05, 0.1) is 4.90 Å². The molecule has 1 aliphatic carbocycles. The molecule has 0 bridgehead atoms. The highest BCUT2D eigenvalue weighted by molar-refractivity contribution is 7.89. The van der Waals surface area contributed by atoms with E-state index in [2.05, 4.69) is 22.2 Å². The van der Waals surface area contributed by atoms with Crippen LogP contribution in [0.25, 0.3) is 0 Å². The summed E-state index contributed by atoms with van der Waals surface area (Å²) < 4.78 is 26.0. The third-order valence-electron chi connectivity index (χ3n) is 3.75. The predicted molar refractivity (Wildman–Crippen MR) is 82.4 cm³/mol. The predicted octanol–water partition coefficient (Wildman–Crippen LogP) is 2.67. The highest BCUT2D eigenvalue weighted by Gasteiger charge is 2.14. The van der Waals surface area contributed by atoms with E-state index in [1.807, 2.05) is 13.0 Å². The molecule has 0 fully saturated rings. The summed E-state index contributed by atoms with van der Waals surface area (Å²) in [5.74, 6) is 0.629. The van der Waals surface area contributed by atoms with Gasteiger partial charge in [-0.15, -0.1) is 0 Å². The third kappa shape index (κ3) is 3.61. The monoisotopic (exact) mass is 294 g/mol. The lowest BCUT2D eigenvalue weighted by Gasteiger charge is -2.20. The van der Waals surface area contributed by atoms with Gasteiger partial charge in [-0.3, -0.25) is 0 Å². The van der Waals surface area contributed by atoms with Crippen LogP contribution in [0.1, 0.15) is 24.8 Å². The van der Waals surface area contributed by atoms with Crippen molar-refractivity contribution in [3.8, 4) is 0 Å². The van der Waals surface area contributed by atoms with Gasteiger partial charge < -0.3 is 5.32 Å². The Morgan fingerprint density at radius 3 is 2.75 bits per heavy atom. The number of hydrogen-bond donors (Lipinski definition) is 2. The van der Waals surface area contributed by atoms with Crippen LogP contribution in [-0.2, 0) is 10.0 Å². The van der Waals surface area contributed by atoms with E-state index < -0.39 is 10.0 Å². The van der Waals surface area contributed by atoms with Crippen molar-refractivity contribution in [1.82, 2.24) is 4.72 Å². The molecule has 5 heteroatoms. The van der Waals surface area contributed by atoms with Crippen LogP contribution >= 0.6 is 0 Å². The van der Waals surface area contributed by atoms with Gasteiger partial charge in [0.1, 0.15) is 0 Å². The first kappa shape index (κ1) is 15.1. The number of rotatable bonds is 5. The van der Waals surface area contributed by atoms with E-state index in [1.165, 1.54) is 13.5 Å². The normalized spacial score (nSPS) is 19.0. The minimum atomic E-state index is -3.38. The minimum Gasteiger partial charge on any atom is -0.385 e. The Hall–Kier alpha value is -1.33. The average molecular weight is 294 g/mol. The van der Waals surface area contributed by atoms with Gasteiger partial charge in [-0.1, -0.05) is 18.2 Å². The van der Waals surface area contributed by atoms with Crippen LogP contribution in [-0.4, -0.2) is 22.0 Å². The summed E-state index contributed by atoms with van der Waals surface area (Å²) in [6.07, 6.45) is 7.88. The Kier molecular flexibility index (Phi) is 4.83. The molecule has 0 heterocycles. The van der Waals surface area contributed by atoms with Crippen LogP contribution in [0, 0.1) is 12.8 Å². The molecule has 20 heavy (non-hydrogen) atoms. The van der Waals surface area contributed by atoms with E-state index in [1.54, 1.807) is 12.1 Å². The number of hydrogen-bond acceptors (Lipinski definition) is 3. The molecule has 1 aromatic carbocycles. The van der Waals surface area contributed by atoms with Crippen molar-refractivity contribution in [2.45, 2.75) is 31.1 Å². The fourth-order valence-electron chi connectivity index (χ4n) is 2.37. The molecule has 110 valence electrons. The van der Waals surface area contributed by atoms with E-state index in [0.717, 1.165) is 30.6 Å². The molecule has 0 aromatic heterocycles. The van der Waals surface area contributed by atoms with E-state index in [0.29, 0.717) is 10.8 Å². The fourth-order valence-corrected chi connectivity index (χ4v) is 3.13. The van der Waals surface area contributed by atoms with E-state index in [4.69, 9.17) is 0 Å². The number of sulfonamides is 1. The van der Waals surface area contributed by atoms with Crippen molar-refractivity contribution < 1.29 is 8.42 Å². The summed E-state index contributed by atoms with van der Waals surface area (Å²) in [5, 5.41) is 3.39. The number of anilines is 1. The maximum Gasteiger partial charge on any atom is 0.240 e. The number of nitrogens with one attached hydrogen (secondary N) is 2. The van der Waals surface area contributed by atoms with Crippen LogP contribution in [0.3, 0.4) is 0 Å². The molecule has 2 N–H and O–H groups in total. The molecular weight excluding hydrogens is 272 g/mol. The minimum absolute atomic E-state index is 0.302. The van der Waals surface area contributed by atoms with Gasteiger partial charge in [0, 0.05) is 12.2 Å². The van der Waals surface area contributed by atoms with Crippen molar-refractivity contribution in [3.05, 3.63) is 35.9 Å². The lowest BCUT2D eigenvalue weighted by Crippen LogP contribution is -2.19. The van der Waals surface area contributed by atoms with E-state index >= 15 is 0 Å². The Labute approximate surface area is 121 Å². The summed E-state index contributed by atoms with van der Waals surface area (Å²) in [5.41, 5.74) is 1.96. The van der Waals surface area contributed by atoms with Gasteiger partial charge >= 0.3 is 0 Å². The Balaban J connectivity index is 2.11. The van der Waals surface area contributed by atoms with Crippen LogP contribution in [0.5, 0.6) is 0 Å². The second-order valence-electron chi connectivity index (χ2n) is 5.22. The highest BCUT2D eigenvalue weighted by atomic mass is 32.2. The summed E-state index contributed by atoms with van der Waals surface area (Å²) in [6, 6.07) is 5.18. The van der Waals surface area contributed by atoms with Crippen LogP contribution in [0.4, 0.5) is 5.69 Å². The van der Waals surface area contributed by atoms with Crippen LogP contribution in [0.2, 0.25) is 0 Å². The Bertz CT molecular complexity index is 594. The average Bonchev–Trinajstić information content (AvgIpc) is 2.47. The zero-order valence-corrected chi connectivity index (χ0v) is 12.8. The van der Waals surface area contributed by atoms with Crippen LogP contribution < -0.4 is 10.0 Å². The molecule has 1 atom stereocenters. The number of benzene rings is 1. The summed E-state index contributed by atoms with van der Waals surface area (Å²) in [7, 11) is -1.95. The topological polar surface area (TPSA) is 58.2 Å². The first-order valence-corrected chi connectivity index (χ1v) is 8.44. The molecule has 2 rings (SSSR count). The fraction of sp³-hybridized carbons (Fsp3) is 0.467. The largest absolute Gasteiger partial charge is 0.385 e. The Morgan fingerprint density at radius 2 is 2.10 bits per heavy atom. The van der Waals surface area contributed by atoms with Gasteiger partial charge in [-0.25, -0.2) is 13.1 Å². The third-order valence-corrected chi connectivity index (χ3v) is 5.16.